The molecular weight excluding hydrogens is 428 g/mol. The van der Waals surface area contributed by atoms with Crippen LogP contribution in [0.25, 0.3) is 21.5 Å². The van der Waals surface area contributed by atoms with Gasteiger partial charge in [-0.15, -0.1) is 0 Å². The van der Waals surface area contributed by atoms with Crippen molar-refractivity contribution in [1.29, 1.82) is 0 Å². The molecule has 0 spiro atoms. The quantitative estimate of drug-likeness (QED) is 0.245. The molecule has 0 saturated heterocycles. The summed E-state index contributed by atoms with van der Waals surface area (Å²) in [5, 5.41) is 44.3. The summed E-state index contributed by atoms with van der Waals surface area (Å²) in [4.78, 5) is 0. The monoisotopic (exact) mass is 452 g/mol. The molecule has 0 radical (unpaired) electrons. The Morgan fingerprint density at radius 2 is 1.06 bits per heavy atom. The van der Waals surface area contributed by atoms with Crippen molar-refractivity contribution in [3.63, 3.8) is 0 Å². The van der Waals surface area contributed by atoms with Crippen molar-refractivity contribution in [3.8, 4) is 28.7 Å². The Kier molecular flexibility index (Phi) is 5.38. The van der Waals surface area contributed by atoms with Crippen molar-refractivity contribution in [2.24, 2.45) is 0 Å². The van der Waals surface area contributed by atoms with Gasteiger partial charge in [0, 0.05) is 35.4 Å². The zero-order valence-electron chi connectivity index (χ0n) is 18.6. The number of fused-ring (bicyclic) bond motifs is 3. The number of ether oxygens (including phenoxy) is 1. The number of aromatic hydroxyl groups is 4. The first-order chi connectivity index (χ1) is 16.4. The van der Waals surface area contributed by atoms with E-state index in [0.29, 0.717) is 18.6 Å². The summed E-state index contributed by atoms with van der Waals surface area (Å²) >= 11 is 0. The molecule has 0 aromatic heterocycles. The van der Waals surface area contributed by atoms with Crippen LogP contribution in [0.15, 0.2) is 78.9 Å². The van der Waals surface area contributed by atoms with E-state index in [2.05, 4.69) is 0 Å². The summed E-state index contributed by atoms with van der Waals surface area (Å²) in [5.74, 6) is 1.28. The van der Waals surface area contributed by atoms with E-state index in [1.165, 1.54) is 0 Å². The first-order valence-electron chi connectivity index (χ1n) is 11.0. The third kappa shape index (κ3) is 3.82. The summed E-state index contributed by atoms with van der Waals surface area (Å²) in [6.07, 6.45) is 0.978. The molecular formula is C29H24O5. The molecule has 34 heavy (non-hydrogen) atoms. The highest BCUT2D eigenvalue weighted by Gasteiger charge is 2.18. The molecule has 4 N–H and O–H groups in total. The molecule has 5 nitrogen and oxygen atoms in total. The van der Waals surface area contributed by atoms with Gasteiger partial charge in [-0.3, -0.25) is 0 Å². The average Bonchev–Trinajstić information content (AvgIpc) is 2.84. The Hall–Kier alpha value is -4.38. The van der Waals surface area contributed by atoms with Gasteiger partial charge in [0.25, 0.3) is 0 Å². The van der Waals surface area contributed by atoms with Gasteiger partial charge in [-0.05, 0) is 63.7 Å². The van der Waals surface area contributed by atoms with Gasteiger partial charge in [0.1, 0.15) is 28.7 Å². The van der Waals surface area contributed by atoms with E-state index in [-0.39, 0.29) is 23.0 Å². The van der Waals surface area contributed by atoms with Gasteiger partial charge < -0.3 is 25.2 Å². The maximum absolute atomic E-state index is 10.8. The lowest BCUT2D eigenvalue weighted by Gasteiger charge is -2.17. The van der Waals surface area contributed by atoms with Gasteiger partial charge in [0.15, 0.2) is 0 Å². The Balaban J connectivity index is 1.71. The molecule has 0 heterocycles. The Morgan fingerprint density at radius 3 is 1.62 bits per heavy atom. The van der Waals surface area contributed by atoms with Crippen LogP contribution in [0, 0.1) is 0 Å². The van der Waals surface area contributed by atoms with Gasteiger partial charge in [-0.25, -0.2) is 0 Å². The van der Waals surface area contributed by atoms with Gasteiger partial charge in [-0.1, -0.05) is 36.4 Å². The molecule has 0 amide bonds. The Morgan fingerprint density at radius 1 is 0.559 bits per heavy atom. The average molecular weight is 453 g/mol. The van der Waals surface area contributed by atoms with Crippen LogP contribution in [0.1, 0.15) is 22.3 Å². The number of phenols is 4. The number of methoxy groups -OCH3 is 1. The van der Waals surface area contributed by atoms with Crippen LogP contribution in [0.5, 0.6) is 28.7 Å². The van der Waals surface area contributed by atoms with Crippen LogP contribution in [0.4, 0.5) is 0 Å². The highest BCUT2D eigenvalue weighted by Crippen LogP contribution is 2.42. The van der Waals surface area contributed by atoms with Crippen molar-refractivity contribution >= 4 is 21.5 Å². The zero-order chi connectivity index (χ0) is 23.8. The third-order valence-corrected chi connectivity index (χ3v) is 6.29. The molecule has 0 bridgehead atoms. The predicted octanol–water partition coefficient (Wildman–Crippen LogP) is 6.01. The van der Waals surface area contributed by atoms with E-state index < -0.39 is 0 Å². The normalized spacial score (nSPS) is 11.2. The second-order valence-corrected chi connectivity index (χ2v) is 8.41. The van der Waals surface area contributed by atoms with Crippen molar-refractivity contribution in [1.82, 2.24) is 0 Å². The number of hydrogen-bond donors (Lipinski definition) is 4. The lowest BCUT2D eigenvalue weighted by Crippen LogP contribution is -1.96. The minimum absolute atomic E-state index is 0.139. The van der Waals surface area contributed by atoms with Crippen LogP contribution in [0.2, 0.25) is 0 Å². The lowest BCUT2D eigenvalue weighted by atomic mass is 9.90. The SMILES string of the molecule is COc1cc(O)c(Cc2ccc(O)cc2)c2ccc3c(Cc4ccc(O)cc4)c(O)ccc3c12. The molecule has 170 valence electrons. The second-order valence-electron chi connectivity index (χ2n) is 8.41. The van der Waals surface area contributed by atoms with Gasteiger partial charge in [-0.2, -0.15) is 0 Å². The van der Waals surface area contributed by atoms with E-state index >= 15 is 0 Å². The Bertz CT molecular complexity index is 1500. The molecule has 5 aromatic carbocycles. The standard InChI is InChI=1S/C29H24O5/c1-34-28-16-27(33)25(15-18-4-8-20(31)9-5-18)23-11-10-21-22(29(23)28)12-13-26(32)24(21)14-17-2-6-19(30)7-3-17/h2-13,16,30-33H,14-15H2,1H3. The molecule has 0 atom stereocenters. The maximum atomic E-state index is 10.8. The highest BCUT2D eigenvalue weighted by molar-refractivity contribution is 6.13. The van der Waals surface area contributed by atoms with Gasteiger partial charge >= 0.3 is 0 Å². The Labute approximate surface area is 196 Å². The molecule has 0 saturated carbocycles. The lowest BCUT2D eigenvalue weighted by molar-refractivity contribution is 0.412. The maximum Gasteiger partial charge on any atom is 0.131 e. The van der Waals surface area contributed by atoms with Crippen LogP contribution < -0.4 is 4.74 Å². The third-order valence-electron chi connectivity index (χ3n) is 6.29. The molecule has 5 heteroatoms. The molecule has 0 aliphatic heterocycles. The van der Waals surface area contributed by atoms with Crippen molar-refractivity contribution in [3.05, 3.63) is 101 Å². The fourth-order valence-corrected chi connectivity index (χ4v) is 4.56. The smallest absolute Gasteiger partial charge is 0.131 e. The predicted molar refractivity (Wildman–Crippen MR) is 133 cm³/mol. The summed E-state index contributed by atoms with van der Waals surface area (Å²) in [6, 6.07) is 23.0. The van der Waals surface area contributed by atoms with Crippen molar-refractivity contribution in [2.45, 2.75) is 12.8 Å². The van der Waals surface area contributed by atoms with E-state index in [4.69, 9.17) is 4.74 Å². The van der Waals surface area contributed by atoms with Gasteiger partial charge in [0.05, 0.1) is 7.11 Å². The van der Waals surface area contributed by atoms with Crippen LogP contribution >= 0.6 is 0 Å². The van der Waals surface area contributed by atoms with Crippen LogP contribution in [-0.4, -0.2) is 27.5 Å². The largest absolute Gasteiger partial charge is 0.508 e. The summed E-state index contributed by atoms with van der Waals surface area (Å²) in [7, 11) is 1.57. The highest BCUT2D eigenvalue weighted by atomic mass is 16.5. The first-order valence-corrected chi connectivity index (χ1v) is 11.0. The fraction of sp³-hybridized carbons (Fsp3) is 0.103. The molecule has 0 unspecified atom stereocenters. The summed E-state index contributed by atoms with van der Waals surface area (Å²) in [6.45, 7) is 0. The molecule has 5 rings (SSSR count). The topological polar surface area (TPSA) is 90.2 Å². The van der Waals surface area contributed by atoms with Crippen molar-refractivity contribution < 1.29 is 25.2 Å². The second kappa shape index (κ2) is 8.52. The first kappa shape index (κ1) is 21.5. The summed E-state index contributed by atoms with van der Waals surface area (Å²) in [5.41, 5.74) is 3.46. The van der Waals surface area contributed by atoms with Gasteiger partial charge in [0.2, 0.25) is 0 Å². The van der Waals surface area contributed by atoms with E-state index in [9.17, 15) is 20.4 Å². The number of hydrogen-bond acceptors (Lipinski definition) is 5. The number of benzene rings is 5. The van der Waals surface area contributed by atoms with Crippen molar-refractivity contribution in [2.75, 3.05) is 7.11 Å². The molecule has 5 aromatic rings. The van der Waals surface area contributed by atoms with Crippen LogP contribution in [-0.2, 0) is 12.8 Å². The number of phenolic OH excluding ortho intramolecular Hbond substituents is 4. The van der Waals surface area contributed by atoms with E-state index in [1.807, 2.05) is 42.5 Å². The minimum atomic E-state index is 0.139. The van der Waals surface area contributed by atoms with E-state index in [1.54, 1.807) is 43.5 Å². The zero-order valence-corrected chi connectivity index (χ0v) is 18.6. The number of rotatable bonds is 5. The minimum Gasteiger partial charge on any atom is -0.508 e. The molecule has 0 aliphatic rings. The van der Waals surface area contributed by atoms with E-state index in [0.717, 1.165) is 43.8 Å². The fourth-order valence-electron chi connectivity index (χ4n) is 4.56. The molecule has 0 fully saturated rings. The van der Waals surface area contributed by atoms with Crippen LogP contribution in [0.3, 0.4) is 0 Å². The molecule has 0 aliphatic carbocycles. The summed E-state index contributed by atoms with van der Waals surface area (Å²) < 4.78 is 5.66.